The van der Waals surface area contributed by atoms with E-state index >= 15 is 0 Å². The van der Waals surface area contributed by atoms with Crippen LogP contribution in [-0.2, 0) is 0 Å². The SMILES string of the molecule is COc1cnc(C(=O)N2CCCC2C(O)c2ccccc2)nc1. The molecular weight excluding hydrogens is 294 g/mol. The van der Waals surface area contributed by atoms with E-state index in [4.69, 9.17) is 4.74 Å². The maximum Gasteiger partial charge on any atom is 0.292 e. The smallest absolute Gasteiger partial charge is 0.292 e. The van der Waals surface area contributed by atoms with Crippen LogP contribution in [0.25, 0.3) is 0 Å². The van der Waals surface area contributed by atoms with E-state index in [1.807, 2.05) is 30.3 Å². The van der Waals surface area contributed by atoms with Crippen LogP contribution in [0.4, 0.5) is 0 Å². The van der Waals surface area contributed by atoms with Gasteiger partial charge in [-0.05, 0) is 18.4 Å². The van der Waals surface area contributed by atoms with Crippen LogP contribution in [-0.4, -0.2) is 45.6 Å². The summed E-state index contributed by atoms with van der Waals surface area (Å²) in [6.07, 6.45) is 3.85. The number of methoxy groups -OCH3 is 1. The van der Waals surface area contributed by atoms with E-state index in [0.717, 1.165) is 18.4 Å². The fourth-order valence-electron chi connectivity index (χ4n) is 2.91. The van der Waals surface area contributed by atoms with Gasteiger partial charge in [0.25, 0.3) is 5.91 Å². The van der Waals surface area contributed by atoms with Crippen LogP contribution in [0.1, 0.15) is 35.1 Å². The number of benzene rings is 1. The standard InChI is InChI=1S/C17H19N3O3/c1-23-13-10-18-16(19-11-13)17(22)20-9-5-8-14(20)15(21)12-6-3-2-4-7-12/h2-4,6-7,10-11,14-15,21H,5,8-9H2,1H3. The fourth-order valence-corrected chi connectivity index (χ4v) is 2.91. The molecule has 1 N–H and O–H groups in total. The molecule has 0 radical (unpaired) electrons. The summed E-state index contributed by atoms with van der Waals surface area (Å²) < 4.78 is 5.00. The zero-order valence-electron chi connectivity index (χ0n) is 12.9. The van der Waals surface area contributed by atoms with E-state index in [-0.39, 0.29) is 17.8 Å². The van der Waals surface area contributed by atoms with Gasteiger partial charge in [0, 0.05) is 6.54 Å². The minimum absolute atomic E-state index is 0.123. The van der Waals surface area contributed by atoms with Gasteiger partial charge in [0.2, 0.25) is 5.82 Å². The third-order valence-electron chi connectivity index (χ3n) is 4.12. The first-order valence-electron chi connectivity index (χ1n) is 7.60. The third-order valence-corrected chi connectivity index (χ3v) is 4.12. The second-order valence-electron chi connectivity index (χ2n) is 5.51. The highest BCUT2D eigenvalue weighted by atomic mass is 16.5. The van der Waals surface area contributed by atoms with Crippen LogP contribution < -0.4 is 4.74 Å². The van der Waals surface area contributed by atoms with Gasteiger partial charge < -0.3 is 14.7 Å². The van der Waals surface area contributed by atoms with Crippen LogP contribution in [0.15, 0.2) is 42.7 Å². The molecule has 2 atom stereocenters. The van der Waals surface area contributed by atoms with E-state index in [1.165, 1.54) is 19.5 Å². The highest BCUT2D eigenvalue weighted by molar-refractivity contribution is 5.91. The number of carbonyl (C=O) groups is 1. The second kappa shape index (κ2) is 6.75. The van der Waals surface area contributed by atoms with Crippen molar-refractivity contribution in [1.82, 2.24) is 14.9 Å². The molecule has 6 heteroatoms. The molecule has 1 aromatic heterocycles. The summed E-state index contributed by atoms with van der Waals surface area (Å²) in [7, 11) is 1.52. The zero-order chi connectivity index (χ0) is 16.2. The number of aromatic nitrogens is 2. The maximum absolute atomic E-state index is 12.6. The zero-order valence-corrected chi connectivity index (χ0v) is 12.9. The van der Waals surface area contributed by atoms with Gasteiger partial charge in [0.1, 0.15) is 0 Å². The summed E-state index contributed by atoms with van der Waals surface area (Å²) in [6, 6.07) is 9.15. The lowest BCUT2D eigenvalue weighted by molar-refractivity contribution is 0.0476. The molecule has 6 nitrogen and oxygen atoms in total. The Morgan fingerprint density at radius 1 is 1.30 bits per heavy atom. The molecule has 1 aliphatic rings. The predicted molar refractivity (Wildman–Crippen MR) is 84.0 cm³/mol. The Balaban J connectivity index is 1.79. The van der Waals surface area contributed by atoms with Crippen molar-refractivity contribution in [2.75, 3.05) is 13.7 Å². The first-order valence-corrected chi connectivity index (χ1v) is 7.60. The van der Waals surface area contributed by atoms with Gasteiger partial charge in [0.05, 0.1) is 31.6 Å². The lowest BCUT2D eigenvalue weighted by Crippen LogP contribution is -2.40. The van der Waals surface area contributed by atoms with Crippen LogP contribution >= 0.6 is 0 Å². The molecule has 0 spiro atoms. The first-order chi connectivity index (χ1) is 11.2. The Morgan fingerprint density at radius 3 is 2.65 bits per heavy atom. The van der Waals surface area contributed by atoms with Crippen LogP contribution in [0, 0.1) is 0 Å². The molecule has 1 aliphatic heterocycles. The van der Waals surface area contributed by atoms with Gasteiger partial charge in [-0.25, -0.2) is 9.97 Å². The summed E-state index contributed by atoms with van der Waals surface area (Å²) in [4.78, 5) is 22.4. The van der Waals surface area contributed by atoms with E-state index in [9.17, 15) is 9.90 Å². The molecule has 0 aliphatic carbocycles. The minimum Gasteiger partial charge on any atom is -0.494 e. The van der Waals surface area contributed by atoms with Crippen molar-refractivity contribution in [3.63, 3.8) is 0 Å². The Hall–Kier alpha value is -2.47. The summed E-state index contributed by atoms with van der Waals surface area (Å²) >= 11 is 0. The van der Waals surface area contributed by atoms with Crippen LogP contribution in [0.5, 0.6) is 5.75 Å². The highest BCUT2D eigenvalue weighted by Gasteiger charge is 2.35. The van der Waals surface area contributed by atoms with E-state index < -0.39 is 6.10 Å². The first kappa shape index (κ1) is 15.4. The van der Waals surface area contributed by atoms with Gasteiger partial charge in [-0.1, -0.05) is 30.3 Å². The molecule has 1 saturated heterocycles. The Bertz CT molecular complexity index is 661. The van der Waals surface area contributed by atoms with Crippen molar-refractivity contribution in [2.45, 2.75) is 25.0 Å². The number of hydrogen-bond acceptors (Lipinski definition) is 5. The number of carbonyl (C=O) groups excluding carboxylic acids is 1. The number of ether oxygens (including phenoxy) is 1. The topological polar surface area (TPSA) is 75.5 Å². The van der Waals surface area contributed by atoms with E-state index in [1.54, 1.807) is 4.90 Å². The number of nitrogens with zero attached hydrogens (tertiary/aromatic N) is 3. The number of likely N-dealkylation sites (tertiary alicyclic amines) is 1. The second-order valence-corrected chi connectivity index (χ2v) is 5.51. The normalized spacial score (nSPS) is 18.7. The predicted octanol–water partition coefficient (Wildman–Crippen LogP) is 1.82. The summed E-state index contributed by atoms with van der Waals surface area (Å²) in [5.41, 5.74) is 0.813. The lowest BCUT2D eigenvalue weighted by Gasteiger charge is -2.28. The molecule has 2 heterocycles. The molecule has 2 unspecified atom stereocenters. The van der Waals surface area contributed by atoms with Gasteiger partial charge in [-0.2, -0.15) is 0 Å². The van der Waals surface area contributed by atoms with Crippen molar-refractivity contribution in [3.8, 4) is 5.75 Å². The molecule has 1 amide bonds. The highest BCUT2D eigenvalue weighted by Crippen LogP contribution is 2.30. The van der Waals surface area contributed by atoms with Crippen molar-refractivity contribution in [1.29, 1.82) is 0 Å². The van der Waals surface area contributed by atoms with Gasteiger partial charge in [0.15, 0.2) is 5.75 Å². The average Bonchev–Trinajstić information content (AvgIpc) is 3.11. The number of hydrogen-bond donors (Lipinski definition) is 1. The maximum atomic E-state index is 12.6. The van der Waals surface area contributed by atoms with Crippen molar-refractivity contribution in [2.24, 2.45) is 0 Å². The Morgan fingerprint density at radius 2 is 2.00 bits per heavy atom. The van der Waals surface area contributed by atoms with Crippen molar-refractivity contribution < 1.29 is 14.6 Å². The van der Waals surface area contributed by atoms with Gasteiger partial charge in [-0.15, -0.1) is 0 Å². The monoisotopic (exact) mass is 313 g/mol. The van der Waals surface area contributed by atoms with Gasteiger partial charge in [-0.3, -0.25) is 4.79 Å². The Labute approximate surface area is 134 Å². The third kappa shape index (κ3) is 3.17. The van der Waals surface area contributed by atoms with Crippen LogP contribution in [0.2, 0.25) is 0 Å². The number of rotatable bonds is 4. The van der Waals surface area contributed by atoms with Crippen molar-refractivity contribution in [3.05, 3.63) is 54.1 Å². The molecule has 0 bridgehead atoms. The largest absolute Gasteiger partial charge is 0.494 e. The molecule has 1 fully saturated rings. The van der Waals surface area contributed by atoms with E-state index in [2.05, 4.69) is 9.97 Å². The molecule has 3 rings (SSSR count). The minimum atomic E-state index is -0.708. The summed E-state index contributed by atoms with van der Waals surface area (Å²) in [5, 5.41) is 10.6. The number of aliphatic hydroxyl groups is 1. The molecule has 2 aromatic rings. The van der Waals surface area contributed by atoms with Crippen molar-refractivity contribution >= 4 is 5.91 Å². The summed E-state index contributed by atoms with van der Waals surface area (Å²) in [6.45, 7) is 0.600. The molecule has 120 valence electrons. The quantitative estimate of drug-likeness (QED) is 0.932. The lowest BCUT2D eigenvalue weighted by atomic mass is 10.0. The Kier molecular flexibility index (Phi) is 4.52. The summed E-state index contributed by atoms with van der Waals surface area (Å²) in [5.74, 6) is 0.368. The average molecular weight is 313 g/mol. The van der Waals surface area contributed by atoms with Crippen LogP contribution in [0.3, 0.4) is 0 Å². The number of aliphatic hydroxyl groups excluding tert-OH is 1. The fraction of sp³-hybridized carbons (Fsp3) is 0.353. The number of amides is 1. The molecule has 1 aromatic carbocycles. The molecular formula is C17H19N3O3. The van der Waals surface area contributed by atoms with Gasteiger partial charge >= 0.3 is 0 Å². The molecule has 0 saturated carbocycles. The molecule has 23 heavy (non-hydrogen) atoms. The van der Waals surface area contributed by atoms with E-state index in [0.29, 0.717) is 12.3 Å².